The fourth-order valence-corrected chi connectivity index (χ4v) is 5.20. The van der Waals surface area contributed by atoms with Gasteiger partial charge in [-0.25, -0.2) is 4.79 Å². The van der Waals surface area contributed by atoms with Crippen LogP contribution in [0.15, 0.2) is 107 Å². The van der Waals surface area contributed by atoms with E-state index in [4.69, 9.17) is 9.47 Å². The highest BCUT2D eigenvalue weighted by molar-refractivity contribution is 6.04. The Hall–Kier alpha value is -4.32. The molecule has 6 heteroatoms. The number of ether oxygens (including phenoxy) is 2. The monoisotopic (exact) mass is 495 g/mol. The Bertz CT molecular complexity index is 1360. The minimum absolute atomic E-state index is 0.0128. The zero-order chi connectivity index (χ0) is 25.8. The van der Waals surface area contributed by atoms with E-state index in [0.29, 0.717) is 41.0 Å². The number of dihydropyridines is 1. The van der Waals surface area contributed by atoms with Gasteiger partial charge in [0.2, 0.25) is 0 Å². The smallest absolute Gasteiger partial charge is 0.336 e. The summed E-state index contributed by atoms with van der Waals surface area (Å²) in [5.74, 6) is -0.330. The fourth-order valence-electron chi connectivity index (χ4n) is 5.20. The minimum atomic E-state index is -0.630. The highest BCUT2D eigenvalue weighted by Gasteiger charge is 2.41. The fraction of sp³-hybridized carbons (Fsp3) is 0.226. The number of para-hydroxylation sites is 1. The Morgan fingerprint density at radius 2 is 1.62 bits per heavy atom. The van der Waals surface area contributed by atoms with Gasteiger partial charge in [0.15, 0.2) is 5.78 Å². The van der Waals surface area contributed by atoms with Crippen molar-refractivity contribution in [1.29, 1.82) is 0 Å². The summed E-state index contributed by atoms with van der Waals surface area (Å²) in [5.41, 5.74) is 4.18. The average molecular weight is 496 g/mol. The molecule has 188 valence electrons. The van der Waals surface area contributed by atoms with E-state index in [9.17, 15) is 14.7 Å². The summed E-state index contributed by atoms with van der Waals surface area (Å²) in [7, 11) is 0. The Morgan fingerprint density at radius 3 is 2.35 bits per heavy atom. The van der Waals surface area contributed by atoms with Crippen LogP contribution in [-0.2, 0) is 14.3 Å². The number of benzene rings is 3. The first-order valence-corrected chi connectivity index (χ1v) is 12.4. The van der Waals surface area contributed by atoms with E-state index in [0.717, 1.165) is 11.3 Å². The van der Waals surface area contributed by atoms with Crippen molar-refractivity contribution >= 4 is 11.8 Å². The lowest BCUT2D eigenvalue weighted by atomic mass is 9.71. The lowest BCUT2D eigenvalue weighted by Gasteiger charge is -2.36. The van der Waals surface area contributed by atoms with E-state index >= 15 is 0 Å². The molecule has 0 saturated carbocycles. The molecule has 3 aromatic carbocycles. The molecular weight excluding hydrogens is 466 g/mol. The molecule has 0 saturated heterocycles. The Morgan fingerprint density at radius 1 is 0.919 bits per heavy atom. The minimum Gasteiger partial charge on any atom is -0.508 e. The van der Waals surface area contributed by atoms with Gasteiger partial charge in [0.05, 0.1) is 5.57 Å². The number of carbonyl (C=O) groups is 2. The molecule has 3 aromatic rings. The normalized spacial score (nSPS) is 19.2. The number of ketones is 1. The molecule has 2 atom stereocenters. The van der Waals surface area contributed by atoms with Gasteiger partial charge in [-0.05, 0) is 54.7 Å². The molecule has 1 aliphatic carbocycles. The summed E-state index contributed by atoms with van der Waals surface area (Å²) in [5, 5.41) is 13.6. The predicted molar refractivity (Wildman–Crippen MR) is 140 cm³/mol. The van der Waals surface area contributed by atoms with Gasteiger partial charge in [-0.3, -0.25) is 4.79 Å². The van der Waals surface area contributed by atoms with Crippen molar-refractivity contribution in [2.75, 3.05) is 13.2 Å². The molecule has 2 N–H and O–H groups in total. The summed E-state index contributed by atoms with van der Waals surface area (Å²) in [6, 6.07) is 26.1. The molecule has 6 nitrogen and oxygen atoms in total. The molecule has 1 heterocycles. The maximum atomic E-state index is 13.6. The van der Waals surface area contributed by atoms with Crippen LogP contribution in [0.2, 0.25) is 0 Å². The number of carbonyl (C=O) groups excluding carboxylic acids is 2. The SMILES string of the molecule is CC1=C(C(=O)OCCOc2ccccc2)[C@H](c2cccc(O)c2)C2=C(C[C@H](c3ccccc3)CC2=O)N1. The number of hydrogen-bond acceptors (Lipinski definition) is 6. The van der Waals surface area contributed by atoms with Crippen LogP contribution in [0, 0.1) is 0 Å². The molecule has 0 spiro atoms. The Balaban J connectivity index is 1.42. The van der Waals surface area contributed by atoms with Crippen LogP contribution in [0.25, 0.3) is 0 Å². The molecule has 0 unspecified atom stereocenters. The van der Waals surface area contributed by atoms with Crippen LogP contribution in [0.1, 0.15) is 42.7 Å². The second-order valence-electron chi connectivity index (χ2n) is 9.32. The predicted octanol–water partition coefficient (Wildman–Crippen LogP) is 5.38. The van der Waals surface area contributed by atoms with E-state index in [-0.39, 0.29) is 30.7 Å². The largest absolute Gasteiger partial charge is 0.508 e. The van der Waals surface area contributed by atoms with Crippen LogP contribution in [-0.4, -0.2) is 30.1 Å². The molecule has 37 heavy (non-hydrogen) atoms. The number of allylic oxidation sites excluding steroid dienone is 3. The third-order valence-corrected chi connectivity index (χ3v) is 6.85. The number of phenols is 1. The number of Topliss-reactive ketones (excluding diaryl/α,β-unsaturated/α-hetero) is 1. The van der Waals surface area contributed by atoms with Crippen molar-refractivity contribution in [2.45, 2.75) is 31.6 Å². The van der Waals surface area contributed by atoms with Gasteiger partial charge >= 0.3 is 5.97 Å². The van der Waals surface area contributed by atoms with Crippen LogP contribution >= 0.6 is 0 Å². The Kier molecular flexibility index (Phi) is 7.08. The van der Waals surface area contributed by atoms with Gasteiger partial charge in [0.25, 0.3) is 0 Å². The number of phenolic OH excluding ortho intramolecular Hbond substituents is 1. The van der Waals surface area contributed by atoms with Crippen molar-refractivity contribution in [3.8, 4) is 11.5 Å². The molecule has 0 radical (unpaired) electrons. The molecule has 2 aliphatic rings. The number of esters is 1. The number of rotatable bonds is 7. The van der Waals surface area contributed by atoms with Crippen molar-refractivity contribution in [3.63, 3.8) is 0 Å². The molecule has 0 amide bonds. The van der Waals surface area contributed by atoms with Crippen LogP contribution in [0.3, 0.4) is 0 Å². The van der Waals surface area contributed by atoms with Gasteiger partial charge in [0.1, 0.15) is 24.7 Å². The van der Waals surface area contributed by atoms with Gasteiger partial charge in [-0.1, -0.05) is 60.7 Å². The van der Waals surface area contributed by atoms with Crippen molar-refractivity contribution in [2.24, 2.45) is 0 Å². The number of aromatic hydroxyl groups is 1. The topological polar surface area (TPSA) is 84.9 Å². The van der Waals surface area contributed by atoms with Crippen molar-refractivity contribution in [1.82, 2.24) is 5.32 Å². The quantitative estimate of drug-likeness (QED) is 0.338. The van der Waals surface area contributed by atoms with E-state index < -0.39 is 11.9 Å². The van der Waals surface area contributed by atoms with E-state index in [1.165, 1.54) is 0 Å². The first kappa shape index (κ1) is 24.4. The highest BCUT2D eigenvalue weighted by Crippen LogP contribution is 2.46. The van der Waals surface area contributed by atoms with Crippen LogP contribution in [0.5, 0.6) is 11.5 Å². The van der Waals surface area contributed by atoms with Crippen molar-refractivity contribution in [3.05, 3.63) is 119 Å². The summed E-state index contributed by atoms with van der Waals surface area (Å²) in [6.07, 6.45) is 1.01. The number of hydrogen-bond donors (Lipinski definition) is 2. The summed E-state index contributed by atoms with van der Waals surface area (Å²) in [6.45, 7) is 2.10. The second kappa shape index (κ2) is 10.7. The zero-order valence-electron chi connectivity index (χ0n) is 20.6. The van der Waals surface area contributed by atoms with Crippen LogP contribution < -0.4 is 10.1 Å². The highest BCUT2D eigenvalue weighted by atomic mass is 16.6. The molecule has 5 rings (SSSR count). The van der Waals surface area contributed by atoms with Gasteiger partial charge in [-0.15, -0.1) is 0 Å². The summed E-state index contributed by atoms with van der Waals surface area (Å²) in [4.78, 5) is 27.0. The standard InChI is InChI=1S/C31H29NO5/c1-20-28(31(35)37-16-15-36-25-13-6-3-7-14-25)29(22-11-8-12-24(33)17-22)30-26(32-20)18-23(19-27(30)34)21-9-4-2-5-10-21/h2-14,17,23,29,32-33H,15-16,18-19H2,1H3/t23-,29-/m0/s1. The third kappa shape index (κ3) is 5.28. The molecular formula is C31H29NO5. The maximum Gasteiger partial charge on any atom is 0.336 e. The average Bonchev–Trinajstić information content (AvgIpc) is 2.91. The lowest BCUT2D eigenvalue weighted by Crippen LogP contribution is -2.36. The Labute approximate surface area is 216 Å². The second-order valence-corrected chi connectivity index (χ2v) is 9.32. The maximum absolute atomic E-state index is 13.6. The first-order chi connectivity index (χ1) is 18.0. The third-order valence-electron chi connectivity index (χ3n) is 6.85. The summed E-state index contributed by atoms with van der Waals surface area (Å²) < 4.78 is 11.3. The van der Waals surface area contributed by atoms with Gasteiger partial charge in [-0.2, -0.15) is 0 Å². The zero-order valence-corrected chi connectivity index (χ0v) is 20.6. The van der Waals surface area contributed by atoms with E-state index in [2.05, 4.69) is 5.32 Å². The van der Waals surface area contributed by atoms with E-state index in [1.807, 2.05) is 73.7 Å². The van der Waals surface area contributed by atoms with Crippen molar-refractivity contribution < 1.29 is 24.2 Å². The van der Waals surface area contributed by atoms with E-state index in [1.54, 1.807) is 18.2 Å². The molecule has 1 aliphatic heterocycles. The lowest BCUT2D eigenvalue weighted by molar-refractivity contribution is -0.140. The first-order valence-electron chi connectivity index (χ1n) is 12.4. The van der Waals surface area contributed by atoms with Gasteiger partial charge in [0, 0.05) is 29.3 Å². The molecule has 0 fully saturated rings. The summed E-state index contributed by atoms with van der Waals surface area (Å²) >= 11 is 0. The molecule has 0 aromatic heterocycles. The molecule has 0 bridgehead atoms. The number of nitrogens with one attached hydrogen (secondary N) is 1. The van der Waals surface area contributed by atoms with Gasteiger partial charge < -0.3 is 19.9 Å². The van der Waals surface area contributed by atoms with Crippen LogP contribution in [0.4, 0.5) is 0 Å².